The van der Waals surface area contributed by atoms with Crippen molar-refractivity contribution in [3.05, 3.63) is 65.7 Å². The van der Waals surface area contributed by atoms with E-state index in [0.29, 0.717) is 32.8 Å². The van der Waals surface area contributed by atoms with Crippen LogP contribution in [0, 0.1) is 5.82 Å². The molecule has 2 heterocycles. The lowest BCUT2D eigenvalue weighted by Gasteiger charge is -2.32. The third-order valence-corrected chi connectivity index (χ3v) is 4.15. The quantitative estimate of drug-likeness (QED) is 0.831. The highest BCUT2D eigenvalue weighted by Crippen LogP contribution is 2.14. The Hall–Kier alpha value is -2.51. The average Bonchev–Trinajstić information content (AvgIpc) is 2.68. The standard InChI is InChI=1S/C19H22FN3O3/c20-15-6-4-14(5-7-15)11-22-19(24)23-17-13-25-10-8-18(17)26-12-16-3-1-2-9-21-16/h1-7,9,17-18H,8,10-13H2,(H2,22,23,24)/t17-,18-/m1/s1. The van der Waals surface area contributed by atoms with Crippen molar-refractivity contribution in [1.82, 2.24) is 15.6 Å². The van der Waals surface area contributed by atoms with Crippen molar-refractivity contribution in [1.29, 1.82) is 0 Å². The summed E-state index contributed by atoms with van der Waals surface area (Å²) in [5, 5.41) is 5.66. The summed E-state index contributed by atoms with van der Waals surface area (Å²) >= 11 is 0. The molecular formula is C19H22FN3O3. The second kappa shape index (κ2) is 9.26. The first-order valence-electron chi connectivity index (χ1n) is 8.59. The van der Waals surface area contributed by atoms with Gasteiger partial charge < -0.3 is 20.1 Å². The number of carbonyl (C=O) groups is 1. The lowest BCUT2D eigenvalue weighted by Crippen LogP contribution is -2.53. The first kappa shape index (κ1) is 18.3. The van der Waals surface area contributed by atoms with Gasteiger partial charge in [-0.25, -0.2) is 9.18 Å². The van der Waals surface area contributed by atoms with Crippen molar-refractivity contribution in [2.45, 2.75) is 31.7 Å². The van der Waals surface area contributed by atoms with Crippen molar-refractivity contribution < 1.29 is 18.7 Å². The van der Waals surface area contributed by atoms with Gasteiger partial charge >= 0.3 is 6.03 Å². The van der Waals surface area contributed by atoms with Gasteiger partial charge in [0.25, 0.3) is 0 Å². The van der Waals surface area contributed by atoms with E-state index in [-0.39, 0.29) is 24.0 Å². The van der Waals surface area contributed by atoms with Crippen molar-refractivity contribution in [3.8, 4) is 0 Å². The zero-order chi connectivity index (χ0) is 18.2. The molecule has 1 aliphatic heterocycles. The molecule has 1 fully saturated rings. The summed E-state index contributed by atoms with van der Waals surface area (Å²) in [6, 6.07) is 11.1. The number of carbonyl (C=O) groups excluding carboxylic acids is 1. The van der Waals surface area contributed by atoms with Gasteiger partial charge in [0.1, 0.15) is 5.82 Å². The van der Waals surface area contributed by atoms with Crippen molar-refractivity contribution >= 4 is 6.03 Å². The summed E-state index contributed by atoms with van der Waals surface area (Å²) in [6.07, 6.45) is 2.29. The molecule has 2 N–H and O–H groups in total. The monoisotopic (exact) mass is 359 g/mol. The minimum Gasteiger partial charge on any atom is -0.379 e. The van der Waals surface area contributed by atoms with Gasteiger partial charge in [-0.15, -0.1) is 0 Å². The Kier molecular flexibility index (Phi) is 6.51. The predicted molar refractivity (Wildman–Crippen MR) is 93.8 cm³/mol. The van der Waals surface area contributed by atoms with Crippen LogP contribution < -0.4 is 10.6 Å². The van der Waals surface area contributed by atoms with E-state index in [1.165, 1.54) is 12.1 Å². The zero-order valence-electron chi connectivity index (χ0n) is 14.4. The van der Waals surface area contributed by atoms with Gasteiger partial charge in [-0.2, -0.15) is 0 Å². The molecule has 6 nitrogen and oxygen atoms in total. The lowest BCUT2D eigenvalue weighted by atomic mass is 10.1. The number of benzene rings is 1. The number of hydrogen-bond acceptors (Lipinski definition) is 4. The zero-order valence-corrected chi connectivity index (χ0v) is 14.4. The minimum atomic E-state index is -0.309. The minimum absolute atomic E-state index is 0.137. The number of urea groups is 1. The fourth-order valence-electron chi connectivity index (χ4n) is 2.73. The first-order chi connectivity index (χ1) is 12.7. The summed E-state index contributed by atoms with van der Waals surface area (Å²) in [5.41, 5.74) is 1.67. The molecule has 2 aromatic rings. The third-order valence-electron chi connectivity index (χ3n) is 4.15. The molecule has 7 heteroatoms. The molecule has 138 valence electrons. The summed E-state index contributed by atoms with van der Waals surface area (Å²) in [5.74, 6) is -0.301. The maximum absolute atomic E-state index is 12.9. The summed E-state index contributed by atoms with van der Waals surface area (Å²) < 4.78 is 24.3. The van der Waals surface area contributed by atoms with Gasteiger partial charge in [0.15, 0.2) is 0 Å². The van der Waals surface area contributed by atoms with Crippen LogP contribution in [0.5, 0.6) is 0 Å². The highest BCUT2D eigenvalue weighted by Gasteiger charge is 2.28. The number of ether oxygens (including phenoxy) is 2. The van der Waals surface area contributed by atoms with Crippen LogP contribution in [0.1, 0.15) is 17.7 Å². The van der Waals surface area contributed by atoms with Gasteiger partial charge in [-0.1, -0.05) is 18.2 Å². The Bertz CT molecular complexity index is 697. The van der Waals surface area contributed by atoms with Crippen LogP contribution in [-0.2, 0) is 22.6 Å². The fraction of sp³-hybridized carbons (Fsp3) is 0.368. The molecule has 0 bridgehead atoms. The van der Waals surface area contributed by atoms with Gasteiger partial charge in [0.05, 0.1) is 31.1 Å². The maximum Gasteiger partial charge on any atom is 0.315 e. The first-order valence-corrected chi connectivity index (χ1v) is 8.59. The number of pyridine rings is 1. The number of halogens is 1. The molecule has 1 aromatic heterocycles. The van der Waals surface area contributed by atoms with Crippen LogP contribution in [-0.4, -0.2) is 36.4 Å². The summed E-state index contributed by atoms with van der Waals surface area (Å²) in [6.45, 7) is 1.71. The average molecular weight is 359 g/mol. The Balaban J connectivity index is 1.47. The van der Waals surface area contributed by atoms with Gasteiger partial charge in [0.2, 0.25) is 0 Å². The van der Waals surface area contributed by atoms with Crippen LogP contribution in [0.25, 0.3) is 0 Å². The molecule has 0 spiro atoms. The molecule has 26 heavy (non-hydrogen) atoms. The van der Waals surface area contributed by atoms with E-state index in [9.17, 15) is 9.18 Å². The molecule has 0 radical (unpaired) electrons. The molecule has 1 saturated heterocycles. The Morgan fingerprint density at radius 1 is 1.27 bits per heavy atom. The van der Waals surface area contributed by atoms with Crippen molar-refractivity contribution in [2.75, 3.05) is 13.2 Å². The number of nitrogens with zero attached hydrogens (tertiary/aromatic N) is 1. The number of hydrogen-bond donors (Lipinski definition) is 2. The van der Waals surface area contributed by atoms with Crippen molar-refractivity contribution in [3.63, 3.8) is 0 Å². The Morgan fingerprint density at radius 2 is 2.12 bits per heavy atom. The highest BCUT2D eigenvalue weighted by molar-refractivity contribution is 5.74. The molecule has 1 aliphatic rings. The van der Waals surface area contributed by atoms with Crippen molar-refractivity contribution in [2.24, 2.45) is 0 Å². The highest BCUT2D eigenvalue weighted by atomic mass is 19.1. The fourth-order valence-corrected chi connectivity index (χ4v) is 2.73. The second-order valence-corrected chi connectivity index (χ2v) is 6.09. The lowest BCUT2D eigenvalue weighted by molar-refractivity contribution is -0.0603. The molecule has 0 unspecified atom stereocenters. The maximum atomic E-state index is 12.9. The number of aromatic nitrogens is 1. The SMILES string of the molecule is O=C(NCc1ccc(F)cc1)N[C@@H]1COCC[C@H]1OCc1ccccn1. The predicted octanol–water partition coefficient (Wildman–Crippen LogP) is 2.39. The molecule has 3 rings (SSSR count). The molecule has 2 amide bonds. The van der Waals surface area contributed by atoms with Crippen LogP contribution in [0.2, 0.25) is 0 Å². The van der Waals surface area contributed by atoms with E-state index in [1.807, 2.05) is 18.2 Å². The van der Waals surface area contributed by atoms with Crippen LogP contribution in [0.15, 0.2) is 48.7 Å². The molecule has 1 aromatic carbocycles. The summed E-state index contributed by atoms with van der Waals surface area (Å²) in [4.78, 5) is 16.4. The smallest absolute Gasteiger partial charge is 0.315 e. The van der Waals surface area contributed by atoms with Gasteiger partial charge in [-0.3, -0.25) is 4.98 Å². The molecule has 2 atom stereocenters. The normalized spacial score (nSPS) is 19.7. The van der Waals surface area contributed by atoms with Crippen LogP contribution >= 0.6 is 0 Å². The van der Waals surface area contributed by atoms with E-state index in [1.54, 1.807) is 18.3 Å². The molecular weight excluding hydrogens is 337 g/mol. The number of rotatable bonds is 6. The molecule has 0 aliphatic carbocycles. The van der Waals surface area contributed by atoms with Crippen LogP contribution in [0.3, 0.4) is 0 Å². The van der Waals surface area contributed by atoms with Gasteiger partial charge in [0, 0.05) is 19.3 Å². The van der Waals surface area contributed by atoms with E-state index in [2.05, 4.69) is 15.6 Å². The van der Waals surface area contributed by atoms with E-state index < -0.39 is 0 Å². The van der Waals surface area contributed by atoms with E-state index >= 15 is 0 Å². The summed E-state index contributed by atoms with van der Waals surface area (Å²) in [7, 11) is 0. The largest absolute Gasteiger partial charge is 0.379 e. The van der Waals surface area contributed by atoms with Gasteiger partial charge in [-0.05, 0) is 36.2 Å². The third kappa shape index (κ3) is 5.50. The second-order valence-electron chi connectivity index (χ2n) is 6.09. The number of nitrogens with one attached hydrogen (secondary N) is 2. The van der Waals surface area contributed by atoms with Crippen LogP contribution in [0.4, 0.5) is 9.18 Å². The molecule has 0 saturated carbocycles. The Labute approximate surface area is 151 Å². The number of amides is 2. The van der Waals surface area contributed by atoms with E-state index in [0.717, 1.165) is 11.3 Å². The topological polar surface area (TPSA) is 72.5 Å². The van der Waals surface area contributed by atoms with E-state index in [4.69, 9.17) is 9.47 Å². The Morgan fingerprint density at radius 3 is 2.88 bits per heavy atom.